The minimum Gasteiger partial charge on any atom is -0.507 e. The molecular formula is C9H10O4. The molecule has 13 heavy (non-hydrogen) atoms. The van der Waals surface area contributed by atoms with Gasteiger partial charge < -0.3 is 9.84 Å². The van der Waals surface area contributed by atoms with Gasteiger partial charge in [-0.15, -0.1) is 0 Å². The van der Waals surface area contributed by atoms with Gasteiger partial charge in [0.15, 0.2) is 0 Å². The van der Waals surface area contributed by atoms with Gasteiger partial charge in [0.25, 0.3) is 0 Å². The Morgan fingerprint density at radius 1 is 1.31 bits per heavy atom. The number of hydrogen-bond acceptors (Lipinski definition) is 4. The summed E-state index contributed by atoms with van der Waals surface area (Å²) in [5, 5.41) is 9.01. The lowest BCUT2D eigenvalue weighted by Crippen LogP contribution is -2.11. The second kappa shape index (κ2) is 4.92. The summed E-state index contributed by atoms with van der Waals surface area (Å²) in [5.41, 5.74) is -0.0785. The summed E-state index contributed by atoms with van der Waals surface area (Å²) in [6.07, 6.45) is 1.94. The normalized spacial score (nSPS) is 11.2. The van der Waals surface area contributed by atoms with Gasteiger partial charge in [0, 0.05) is 6.08 Å². The lowest BCUT2D eigenvalue weighted by molar-refractivity contribution is -0.153. The third-order valence-corrected chi connectivity index (χ3v) is 1.24. The van der Waals surface area contributed by atoms with Crippen LogP contribution in [-0.2, 0) is 14.3 Å². The second-order valence-electron chi connectivity index (χ2n) is 2.13. The van der Waals surface area contributed by atoms with Gasteiger partial charge in [-0.05, 0) is 13.0 Å². The summed E-state index contributed by atoms with van der Waals surface area (Å²) in [6, 6.07) is 0. The molecule has 0 fully saturated rings. The van der Waals surface area contributed by atoms with Crippen molar-refractivity contribution in [3.05, 3.63) is 36.6 Å². The maximum Gasteiger partial charge on any atom is 0.345 e. The van der Waals surface area contributed by atoms with E-state index in [4.69, 9.17) is 5.11 Å². The Morgan fingerprint density at radius 3 is 2.23 bits per heavy atom. The highest BCUT2D eigenvalue weighted by Gasteiger charge is 2.12. The number of carbonyl (C=O) groups excluding carboxylic acids is 2. The first-order chi connectivity index (χ1) is 6.02. The van der Waals surface area contributed by atoms with Crippen molar-refractivity contribution < 1.29 is 19.4 Å². The van der Waals surface area contributed by atoms with E-state index in [1.54, 1.807) is 0 Å². The molecule has 70 valence electrons. The van der Waals surface area contributed by atoms with E-state index >= 15 is 0 Å². The summed E-state index contributed by atoms with van der Waals surface area (Å²) in [5.74, 6) is -2.09. The molecule has 0 aliphatic heterocycles. The number of hydrogen-bond donors (Lipinski definition) is 1. The summed E-state index contributed by atoms with van der Waals surface area (Å²) < 4.78 is 4.22. The molecule has 0 aromatic heterocycles. The van der Waals surface area contributed by atoms with Gasteiger partial charge in [-0.3, -0.25) is 0 Å². The van der Waals surface area contributed by atoms with Crippen molar-refractivity contribution in [2.24, 2.45) is 0 Å². The van der Waals surface area contributed by atoms with Crippen molar-refractivity contribution in [3.63, 3.8) is 0 Å². The maximum atomic E-state index is 11.0. The summed E-state index contributed by atoms with van der Waals surface area (Å²) in [4.78, 5) is 21.5. The van der Waals surface area contributed by atoms with E-state index in [1.165, 1.54) is 6.92 Å². The Balaban J connectivity index is 4.53. The van der Waals surface area contributed by atoms with Crippen LogP contribution in [0.3, 0.4) is 0 Å². The predicted octanol–water partition coefficient (Wildman–Crippen LogP) is 1.26. The van der Waals surface area contributed by atoms with Crippen LogP contribution < -0.4 is 0 Å². The van der Waals surface area contributed by atoms with Crippen molar-refractivity contribution in [1.82, 2.24) is 0 Å². The average molecular weight is 182 g/mol. The fourth-order valence-electron chi connectivity index (χ4n) is 0.467. The molecule has 1 N–H and O–H groups in total. The van der Waals surface area contributed by atoms with E-state index in [2.05, 4.69) is 17.9 Å². The predicted molar refractivity (Wildman–Crippen MR) is 46.8 cm³/mol. The zero-order valence-electron chi connectivity index (χ0n) is 7.24. The lowest BCUT2D eigenvalue weighted by Gasteiger charge is -2.00. The third-order valence-electron chi connectivity index (χ3n) is 1.24. The van der Waals surface area contributed by atoms with Crippen LogP contribution in [0.15, 0.2) is 36.6 Å². The maximum absolute atomic E-state index is 11.0. The summed E-state index contributed by atoms with van der Waals surface area (Å²) in [6.45, 7) is 7.67. The molecule has 0 aliphatic rings. The first-order valence-electron chi connectivity index (χ1n) is 3.43. The molecule has 0 rings (SSSR count). The van der Waals surface area contributed by atoms with Gasteiger partial charge in [0.2, 0.25) is 0 Å². The number of rotatable bonds is 3. The zero-order chi connectivity index (χ0) is 10.4. The van der Waals surface area contributed by atoms with Crippen molar-refractivity contribution in [1.29, 1.82) is 0 Å². The molecule has 0 bridgehead atoms. The van der Waals surface area contributed by atoms with Crippen molar-refractivity contribution >= 4 is 11.9 Å². The zero-order valence-corrected chi connectivity index (χ0v) is 7.24. The smallest absolute Gasteiger partial charge is 0.345 e. The lowest BCUT2D eigenvalue weighted by atomic mass is 10.2. The highest BCUT2D eigenvalue weighted by Crippen LogP contribution is 2.03. The number of aliphatic hydroxyl groups is 1. The van der Waals surface area contributed by atoms with E-state index in [0.717, 1.165) is 12.2 Å². The van der Waals surface area contributed by atoms with Gasteiger partial charge in [-0.2, -0.15) is 0 Å². The molecule has 4 heteroatoms. The Bertz CT molecular complexity index is 286. The number of esters is 2. The monoisotopic (exact) mass is 182 g/mol. The fraction of sp³-hybridized carbons (Fsp3) is 0.111. The number of allylic oxidation sites excluding steroid dienone is 1. The summed E-state index contributed by atoms with van der Waals surface area (Å²) in [7, 11) is 0. The Labute approximate surface area is 75.8 Å². The van der Waals surface area contributed by atoms with Crippen LogP contribution >= 0.6 is 0 Å². The van der Waals surface area contributed by atoms with E-state index in [0.29, 0.717) is 0 Å². The standard InChI is InChI=1S/C9H10O4/c1-4-7(10)6(3)9(12)13-8(11)5-2/h4-5,10H,1-2H2,3H3/b7-6-. The third kappa shape index (κ3) is 3.37. The molecule has 0 spiro atoms. The fourth-order valence-corrected chi connectivity index (χ4v) is 0.467. The number of aliphatic hydroxyl groups excluding tert-OH is 1. The van der Waals surface area contributed by atoms with Gasteiger partial charge in [0.1, 0.15) is 5.76 Å². The highest BCUT2D eigenvalue weighted by atomic mass is 16.6. The van der Waals surface area contributed by atoms with Crippen molar-refractivity contribution in [2.45, 2.75) is 6.92 Å². The Hall–Kier alpha value is -1.84. The Kier molecular flexibility index (Phi) is 4.23. The van der Waals surface area contributed by atoms with Crippen LogP contribution in [0, 0.1) is 0 Å². The van der Waals surface area contributed by atoms with Crippen LogP contribution in [0.5, 0.6) is 0 Å². The molecular weight excluding hydrogens is 172 g/mol. The minimum atomic E-state index is -0.915. The SMILES string of the molecule is C=CC(=O)OC(=O)/C(C)=C(\O)C=C. The molecule has 0 unspecified atom stereocenters. The number of ether oxygens (including phenoxy) is 1. The van der Waals surface area contributed by atoms with E-state index in [-0.39, 0.29) is 11.3 Å². The first-order valence-corrected chi connectivity index (χ1v) is 3.43. The summed E-state index contributed by atoms with van der Waals surface area (Å²) >= 11 is 0. The molecule has 0 aromatic rings. The molecule has 0 saturated carbocycles. The Morgan fingerprint density at radius 2 is 1.85 bits per heavy atom. The van der Waals surface area contributed by atoms with E-state index in [9.17, 15) is 9.59 Å². The highest BCUT2D eigenvalue weighted by molar-refractivity contribution is 5.99. The van der Waals surface area contributed by atoms with Crippen LogP contribution in [0.25, 0.3) is 0 Å². The van der Waals surface area contributed by atoms with Gasteiger partial charge in [0.05, 0.1) is 5.57 Å². The quantitative estimate of drug-likeness (QED) is 0.234. The van der Waals surface area contributed by atoms with Crippen LogP contribution in [0.2, 0.25) is 0 Å². The molecule has 4 nitrogen and oxygen atoms in total. The topological polar surface area (TPSA) is 63.6 Å². The van der Waals surface area contributed by atoms with Crippen molar-refractivity contribution in [3.8, 4) is 0 Å². The molecule has 0 aliphatic carbocycles. The van der Waals surface area contributed by atoms with Gasteiger partial charge in [-0.25, -0.2) is 9.59 Å². The van der Waals surface area contributed by atoms with E-state index < -0.39 is 11.9 Å². The van der Waals surface area contributed by atoms with Crippen LogP contribution in [0.4, 0.5) is 0 Å². The first kappa shape index (κ1) is 11.2. The van der Waals surface area contributed by atoms with Crippen LogP contribution in [0.1, 0.15) is 6.92 Å². The van der Waals surface area contributed by atoms with E-state index in [1.807, 2.05) is 0 Å². The number of carbonyl (C=O) groups is 2. The molecule has 0 atom stereocenters. The molecule has 0 saturated heterocycles. The molecule has 0 aromatic carbocycles. The van der Waals surface area contributed by atoms with Crippen molar-refractivity contribution in [2.75, 3.05) is 0 Å². The average Bonchev–Trinajstić information content (AvgIpc) is 2.14. The minimum absolute atomic E-state index is 0.0785. The van der Waals surface area contributed by atoms with Gasteiger partial charge in [-0.1, -0.05) is 13.2 Å². The van der Waals surface area contributed by atoms with Gasteiger partial charge >= 0.3 is 11.9 Å². The molecule has 0 amide bonds. The molecule has 0 radical (unpaired) electrons. The second-order valence-corrected chi connectivity index (χ2v) is 2.13. The molecule has 0 heterocycles. The largest absolute Gasteiger partial charge is 0.507 e. The van der Waals surface area contributed by atoms with Crippen LogP contribution in [-0.4, -0.2) is 17.0 Å².